The number of benzene rings is 2. The Morgan fingerprint density at radius 2 is 1.26 bits per heavy atom. The summed E-state index contributed by atoms with van der Waals surface area (Å²) in [6, 6.07) is 22.0. The molecule has 0 atom stereocenters. The molecule has 3 rings (SSSR count). The zero-order valence-electron chi connectivity index (χ0n) is 11.5. The zero-order valence-corrected chi connectivity index (χ0v) is 11.5. The minimum Gasteiger partial charge on any atom is -0.0622 e. The minimum atomic E-state index is 0.799. The molecule has 0 heterocycles. The van der Waals surface area contributed by atoms with Crippen LogP contribution in [0, 0.1) is 5.92 Å². The molecule has 19 heavy (non-hydrogen) atoms. The maximum atomic E-state index is 2.29. The third-order valence-corrected chi connectivity index (χ3v) is 4.48. The van der Waals surface area contributed by atoms with Crippen molar-refractivity contribution >= 4 is 0 Å². The van der Waals surface area contributed by atoms with Crippen molar-refractivity contribution in [3.63, 3.8) is 0 Å². The van der Waals surface area contributed by atoms with E-state index in [4.69, 9.17) is 0 Å². The third kappa shape index (κ3) is 3.26. The topological polar surface area (TPSA) is 0 Å². The van der Waals surface area contributed by atoms with Gasteiger partial charge in [0, 0.05) is 0 Å². The van der Waals surface area contributed by atoms with E-state index in [9.17, 15) is 0 Å². The van der Waals surface area contributed by atoms with Crippen molar-refractivity contribution in [3.8, 4) is 0 Å². The van der Waals surface area contributed by atoms with E-state index in [1.165, 1.54) is 37.7 Å². The Kier molecular flexibility index (Phi) is 3.98. The van der Waals surface area contributed by atoms with Crippen LogP contribution in [-0.2, 0) is 6.42 Å². The Labute approximate surface area is 116 Å². The largest absolute Gasteiger partial charge is 0.0622 e. The van der Waals surface area contributed by atoms with E-state index < -0.39 is 0 Å². The molecule has 2 aromatic carbocycles. The molecule has 0 heteroatoms. The van der Waals surface area contributed by atoms with Gasteiger partial charge in [-0.3, -0.25) is 0 Å². The summed E-state index contributed by atoms with van der Waals surface area (Å²) in [6.07, 6.45) is 6.76. The summed E-state index contributed by atoms with van der Waals surface area (Å²) in [4.78, 5) is 0. The van der Waals surface area contributed by atoms with Crippen LogP contribution in [0.4, 0.5) is 0 Å². The van der Waals surface area contributed by atoms with Crippen LogP contribution in [0.2, 0.25) is 0 Å². The number of hydrogen-bond donors (Lipinski definition) is 0. The lowest BCUT2D eigenvalue weighted by Gasteiger charge is -2.29. The van der Waals surface area contributed by atoms with E-state index in [1.54, 1.807) is 5.56 Å². The first kappa shape index (κ1) is 12.5. The second kappa shape index (κ2) is 6.06. The number of hydrogen-bond acceptors (Lipinski definition) is 0. The second-order valence-corrected chi connectivity index (χ2v) is 5.82. The third-order valence-electron chi connectivity index (χ3n) is 4.48. The highest BCUT2D eigenvalue weighted by Crippen LogP contribution is 2.36. The lowest BCUT2D eigenvalue weighted by Crippen LogP contribution is -2.15. The lowest BCUT2D eigenvalue weighted by atomic mass is 9.77. The van der Waals surface area contributed by atoms with Gasteiger partial charge in [-0.05, 0) is 55.1 Å². The highest BCUT2D eigenvalue weighted by molar-refractivity contribution is 5.20. The van der Waals surface area contributed by atoms with Crippen LogP contribution in [0.15, 0.2) is 60.7 Å². The SMILES string of the molecule is c1ccc(CC2CCC(c3ccccc3)CC2)cc1. The normalized spacial score (nSPS) is 23.2. The average molecular weight is 250 g/mol. The van der Waals surface area contributed by atoms with Crippen LogP contribution in [0.1, 0.15) is 42.7 Å². The minimum absolute atomic E-state index is 0.799. The average Bonchev–Trinajstić information content (AvgIpc) is 2.50. The number of rotatable bonds is 3. The van der Waals surface area contributed by atoms with Gasteiger partial charge in [0.1, 0.15) is 0 Å². The van der Waals surface area contributed by atoms with Gasteiger partial charge in [0.05, 0.1) is 0 Å². The van der Waals surface area contributed by atoms with Crippen LogP contribution < -0.4 is 0 Å². The van der Waals surface area contributed by atoms with Gasteiger partial charge in [0.2, 0.25) is 0 Å². The van der Waals surface area contributed by atoms with Crippen molar-refractivity contribution in [2.45, 2.75) is 38.0 Å². The van der Waals surface area contributed by atoms with Gasteiger partial charge >= 0.3 is 0 Å². The molecule has 1 fully saturated rings. The summed E-state index contributed by atoms with van der Waals surface area (Å²) >= 11 is 0. The standard InChI is InChI=1S/C19H22/c1-3-7-16(8-4-1)15-17-11-13-19(14-12-17)18-9-5-2-6-10-18/h1-10,17,19H,11-15H2. The fourth-order valence-corrected chi connectivity index (χ4v) is 3.37. The van der Waals surface area contributed by atoms with Crippen LogP contribution in [-0.4, -0.2) is 0 Å². The van der Waals surface area contributed by atoms with Crippen molar-refractivity contribution < 1.29 is 0 Å². The van der Waals surface area contributed by atoms with Crippen molar-refractivity contribution in [2.75, 3.05) is 0 Å². The van der Waals surface area contributed by atoms with E-state index in [0.29, 0.717) is 0 Å². The highest BCUT2D eigenvalue weighted by Gasteiger charge is 2.22. The van der Waals surface area contributed by atoms with E-state index in [-0.39, 0.29) is 0 Å². The lowest BCUT2D eigenvalue weighted by molar-refractivity contribution is 0.324. The molecule has 0 amide bonds. The molecule has 0 N–H and O–H groups in total. The molecule has 1 aliphatic rings. The quantitative estimate of drug-likeness (QED) is 0.702. The maximum absolute atomic E-state index is 2.29. The molecule has 0 radical (unpaired) electrons. The van der Waals surface area contributed by atoms with Crippen molar-refractivity contribution in [1.29, 1.82) is 0 Å². The molecule has 1 saturated carbocycles. The summed E-state index contributed by atoms with van der Waals surface area (Å²) in [6.45, 7) is 0. The van der Waals surface area contributed by atoms with Gasteiger partial charge in [-0.1, -0.05) is 60.7 Å². The van der Waals surface area contributed by atoms with Crippen molar-refractivity contribution in [3.05, 3.63) is 71.8 Å². The van der Waals surface area contributed by atoms with E-state index in [2.05, 4.69) is 60.7 Å². The molecular weight excluding hydrogens is 228 g/mol. The zero-order chi connectivity index (χ0) is 12.9. The van der Waals surface area contributed by atoms with Gasteiger partial charge < -0.3 is 0 Å². The predicted molar refractivity (Wildman–Crippen MR) is 81.3 cm³/mol. The fraction of sp³-hybridized carbons (Fsp3) is 0.368. The Hall–Kier alpha value is -1.56. The first-order valence-electron chi connectivity index (χ1n) is 7.50. The molecule has 0 bridgehead atoms. The van der Waals surface area contributed by atoms with Gasteiger partial charge in [0.15, 0.2) is 0 Å². The van der Waals surface area contributed by atoms with E-state index >= 15 is 0 Å². The Morgan fingerprint density at radius 1 is 0.684 bits per heavy atom. The molecule has 0 saturated heterocycles. The van der Waals surface area contributed by atoms with Crippen LogP contribution >= 0.6 is 0 Å². The maximum Gasteiger partial charge on any atom is -0.0162 e. The van der Waals surface area contributed by atoms with Crippen LogP contribution in [0.25, 0.3) is 0 Å². The molecule has 0 aromatic heterocycles. The van der Waals surface area contributed by atoms with E-state index in [1.807, 2.05) is 0 Å². The van der Waals surface area contributed by atoms with Gasteiger partial charge in [-0.2, -0.15) is 0 Å². The Morgan fingerprint density at radius 3 is 1.89 bits per heavy atom. The molecule has 0 aliphatic heterocycles. The fourth-order valence-electron chi connectivity index (χ4n) is 3.37. The molecule has 2 aromatic rings. The highest BCUT2D eigenvalue weighted by atomic mass is 14.3. The summed E-state index contributed by atoms with van der Waals surface area (Å²) in [5.74, 6) is 1.69. The summed E-state index contributed by atoms with van der Waals surface area (Å²) in [5, 5.41) is 0. The van der Waals surface area contributed by atoms with Crippen molar-refractivity contribution in [1.82, 2.24) is 0 Å². The first-order valence-corrected chi connectivity index (χ1v) is 7.50. The van der Waals surface area contributed by atoms with Gasteiger partial charge in [-0.15, -0.1) is 0 Å². The molecule has 1 aliphatic carbocycles. The van der Waals surface area contributed by atoms with Gasteiger partial charge in [0.25, 0.3) is 0 Å². The molecule has 98 valence electrons. The smallest absolute Gasteiger partial charge is 0.0162 e. The summed E-state index contributed by atoms with van der Waals surface area (Å²) in [7, 11) is 0. The summed E-state index contributed by atoms with van der Waals surface area (Å²) in [5.41, 5.74) is 3.05. The molecular formula is C19H22. The predicted octanol–water partition coefficient (Wildman–Crippen LogP) is 5.20. The van der Waals surface area contributed by atoms with Crippen molar-refractivity contribution in [2.24, 2.45) is 5.92 Å². The van der Waals surface area contributed by atoms with E-state index in [0.717, 1.165) is 11.8 Å². The molecule has 0 nitrogen and oxygen atoms in total. The Balaban J connectivity index is 1.55. The second-order valence-electron chi connectivity index (χ2n) is 5.82. The first-order chi connectivity index (χ1) is 9.42. The molecule has 0 spiro atoms. The Bertz CT molecular complexity index is 478. The van der Waals surface area contributed by atoms with Gasteiger partial charge in [-0.25, -0.2) is 0 Å². The summed E-state index contributed by atoms with van der Waals surface area (Å²) < 4.78 is 0. The van der Waals surface area contributed by atoms with Crippen LogP contribution in [0.5, 0.6) is 0 Å². The molecule has 0 unspecified atom stereocenters. The monoisotopic (exact) mass is 250 g/mol. The van der Waals surface area contributed by atoms with Crippen LogP contribution in [0.3, 0.4) is 0 Å².